The molecule has 0 saturated carbocycles. The maximum atomic E-state index is 11.8. The Hall–Kier alpha value is -2.21. The first-order chi connectivity index (χ1) is 13.1. The van der Waals surface area contributed by atoms with Crippen molar-refractivity contribution in [3.05, 3.63) is 56.8 Å². The summed E-state index contributed by atoms with van der Waals surface area (Å²) in [4.78, 5) is 21.9. The van der Waals surface area contributed by atoms with Gasteiger partial charge in [0.05, 0.1) is 4.92 Å². The third-order valence-corrected chi connectivity index (χ3v) is 5.19. The molecule has 0 amide bonds. The van der Waals surface area contributed by atoms with Crippen LogP contribution in [0, 0.1) is 10.1 Å². The average Bonchev–Trinajstić information content (AvgIpc) is 3.17. The van der Waals surface area contributed by atoms with Crippen molar-refractivity contribution in [1.29, 1.82) is 0 Å². The van der Waals surface area contributed by atoms with Crippen molar-refractivity contribution in [3.63, 3.8) is 0 Å². The second kappa shape index (κ2) is 12.2. The summed E-state index contributed by atoms with van der Waals surface area (Å²) in [6.45, 7) is 0. The van der Waals surface area contributed by atoms with Gasteiger partial charge in [0, 0.05) is 18.6 Å². The van der Waals surface area contributed by atoms with Gasteiger partial charge >= 0.3 is 5.97 Å². The Balaban J connectivity index is 1.43. The minimum Gasteiger partial charge on any atom is -0.427 e. The van der Waals surface area contributed by atoms with Crippen LogP contribution in [0.15, 0.2) is 41.1 Å². The van der Waals surface area contributed by atoms with E-state index >= 15 is 0 Å². The van der Waals surface area contributed by atoms with Crippen LogP contribution in [0.1, 0.15) is 63.4 Å². The number of nitro groups is 1. The number of hydrogen-bond acceptors (Lipinski definition) is 5. The third kappa shape index (κ3) is 8.82. The molecule has 0 bridgehead atoms. The van der Waals surface area contributed by atoms with E-state index in [2.05, 4.69) is 16.8 Å². The third-order valence-electron chi connectivity index (χ3n) is 4.46. The number of carbonyl (C=O) groups excluding carboxylic acids is 1. The molecule has 1 aromatic carbocycles. The molecule has 1 heterocycles. The highest BCUT2D eigenvalue weighted by Gasteiger charge is 2.08. The molecule has 5 nitrogen and oxygen atoms in total. The minimum absolute atomic E-state index is 0.0127. The van der Waals surface area contributed by atoms with Gasteiger partial charge in [-0.2, -0.15) is 11.3 Å². The highest BCUT2D eigenvalue weighted by atomic mass is 32.1. The number of nitro benzene ring substituents is 1. The lowest BCUT2D eigenvalue weighted by Gasteiger charge is -2.04. The number of unbranched alkanes of at least 4 members (excludes halogenated alkanes) is 7. The molecule has 146 valence electrons. The number of esters is 1. The summed E-state index contributed by atoms with van der Waals surface area (Å²) in [5.74, 6) is 0.0744. The van der Waals surface area contributed by atoms with Gasteiger partial charge in [-0.1, -0.05) is 38.5 Å². The quantitative estimate of drug-likeness (QED) is 0.132. The summed E-state index contributed by atoms with van der Waals surface area (Å²) in [5, 5.41) is 14.9. The lowest BCUT2D eigenvalue weighted by atomic mass is 10.1. The number of thiophene rings is 1. The van der Waals surface area contributed by atoms with E-state index < -0.39 is 4.92 Å². The van der Waals surface area contributed by atoms with Gasteiger partial charge in [-0.15, -0.1) is 0 Å². The fourth-order valence-electron chi connectivity index (χ4n) is 2.91. The van der Waals surface area contributed by atoms with E-state index in [9.17, 15) is 14.9 Å². The van der Waals surface area contributed by atoms with Crippen LogP contribution in [-0.4, -0.2) is 10.9 Å². The van der Waals surface area contributed by atoms with Crippen LogP contribution in [0.25, 0.3) is 0 Å². The van der Waals surface area contributed by atoms with Gasteiger partial charge in [0.1, 0.15) is 5.75 Å². The lowest BCUT2D eigenvalue weighted by Crippen LogP contribution is -2.07. The standard InChI is InChI=1S/C21H27NO4S/c23-21(26-20-13-11-19(12-14-20)22(24)25)10-8-6-4-2-1-3-5-7-9-18-15-16-27-17-18/h11-17H,1-10H2. The molecule has 0 aliphatic carbocycles. The van der Waals surface area contributed by atoms with Gasteiger partial charge in [-0.3, -0.25) is 14.9 Å². The zero-order chi connectivity index (χ0) is 19.3. The first-order valence-corrected chi connectivity index (χ1v) is 10.6. The smallest absolute Gasteiger partial charge is 0.311 e. The van der Waals surface area contributed by atoms with Gasteiger partial charge in [0.2, 0.25) is 0 Å². The number of carbonyl (C=O) groups is 1. The largest absolute Gasteiger partial charge is 0.427 e. The van der Waals surface area contributed by atoms with Crippen LogP contribution in [-0.2, 0) is 11.2 Å². The molecule has 0 aliphatic heterocycles. The molecule has 6 heteroatoms. The normalized spacial score (nSPS) is 10.7. The first-order valence-electron chi connectivity index (χ1n) is 9.61. The van der Waals surface area contributed by atoms with Gasteiger partial charge in [-0.25, -0.2) is 0 Å². The summed E-state index contributed by atoms with van der Waals surface area (Å²) < 4.78 is 5.19. The number of nitrogens with zero attached hydrogens (tertiary/aromatic N) is 1. The van der Waals surface area contributed by atoms with Crippen LogP contribution >= 0.6 is 11.3 Å². The SMILES string of the molecule is O=C(CCCCCCCCCCc1ccsc1)Oc1ccc([N+](=O)[O-])cc1. The topological polar surface area (TPSA) is 69.4 Å². The minimum atomic E-state index is -0.477. The number of hydrogen-bond donors (Lipinski definition) is 0. The predicted octanol–water partition coefficient (Wildman–Crippen LogP) is 6.32. The summed E-state index contributed by atoms with van der Waals surface area (Å²) in [6.07, 6.45) is 10.9. The maximum Gasteiger partial charge on any atom is 0.311 e. The molecule has 0 unspecified atom stereocenters. The average molecular weight is 390 g/mol. The molecule has 0 fully saturated rings. The van der Waals surface area contributed by atoms with Crippen LogP contribution < -0.4 is 4.74 Å². The van der Waals surface area contributed by atoms with E-state index in [1.807, 2.05) is 0 Å². The van der Waals surface area contributed by atoms with Crippen LogP contribution in [0.3, 0.4) is 0 Å². The predicted molar refractivity (Wildman–Crippen MR) is 108 cm³/mol. The summed E-state index contributed by atoms with van der Waals surface area (Å²) in [7, 11) is 0. The van der Waals surface area contributed by atoms with E-state index in [1.165, 1.54) is 68.4 Å². The molecule has 1 aromatic heterocycles. The van der Waals surface area contributed by atoms with Crippen LogP contribution in [0.5, 0.6) is 5.75 Å². The van der Waals surface area contributed by atoms with Gasteiger partial charge in [0.25, 0.3) is 5.69 Å². The van der Waals surface area contributed by atoms with Crippen LogP contribution in [0.2, 0.25) is 0 Å². The van der Waals surface area contributed by atoms with Crippen molar-refractivity contribution < 1.29 is 14.5 Å². The Morgan fingerprint density at radius 3 is 2.15 bits per heavy atom. The highest BCUT2D eigenvalue weighted by Crippen LogP contribution is 2.18. The summed E-state index contributed by atoms with van der Waals surface area (Å²) in [5.41, 5.74) is 1.45. The van der Waals surface area contributed by atoms with Crippen molar-refractivity contribution in [2.45, 2.75) is 64.2 Å². The van der Waals surface area contributed by atoms with E-state index in [0.29, 0.717) is 12.2 Å². The molecule has 2 rings (SSSR count). The first kappa shape index (κ1) is 21.1. The van der Waals surface area contributed by atoms with Crippen molar-refractivity contribution >= 4 is 23.0 Å². The molecule has 0 N–H and O–H groups in total. The van der Waals surface area contributed by atoms with Crippen LogP contribution in [0.4, 0.5) is 5.69 Å². The Morgan fingerprint density at radius 1 is 0.926 bits per heavy atom. The highest BCUT2D eigenvalue weighted by molar-refractivity contribution is 7.07. The van der Waals surface area contributed by atoms with Gasteiger partial charge in [0.15, 0.2) is 0 Å². The maximum absolute atomic E-state index is 11.8. The Labute approximate surface area is 164 Å². The van der Waals surface area contributed by atoms with E-state index in [1.54, 1.807) is 11.3 Å². The summed E-state index contributed by atoms with van der Waals surface area (Å²) >= 11 is 1.77. The Morgan fingerprint density at radius 2 is 1.56 bits per heavy atom. The van der Waals surface area contributed by atoms with E-state index in [4.69, 9.17) is 4.74 Å². The molecule has 27 heavy (non-hydrogen) atoms. The molecule has 0 saturated heterocycles. The molecule has 0 aliphatic rings. The fraction of sp³-hybridized carbons (Fsp3) is 0.476. The lowest BCUT2D eigenvalue weighted by molar-refractivity contribution is -0.384. The molecule has 0 radical (unpaired) electrons. The zero-order valence-corrected chi connectivity index (χ0v) is 16.4. The number of ether oxygens (including phenoxy) is 1. The Bertz CT molecular complexity index is 683. The zero-order valence-electron chi connectivity index (χ0n) is 15.6. The number of benzene rings is 1. The number of aryl methyl sites for hydroxylation is 1. The van der Waals surface area contributed by atoms with Crippen molar-refractivity contribution in [2.75, 3.05) is 0 Å². The molecule has 0 atom stereocenters. The molecule has 0 spiro atoms. The van der Waals surface area contributed by atoms with Crippen molar-refractivity contribution in [3.8, 4) is 5.75 Å². The van der Waals surface area contributed by atoms with Gasteiger partial charge < -0.3 is 4.74 Å². The van der Waals surface area contributed by atoms with Gasteiger partial charge in [-0.05, 0) is 53.8 Å². The monoisotopic (exact) mass is 389 g/mol. The second-order valence-corrected chi connectivity index (χ2v) is 7.47. The molecule has 2 aromatic rings. The summed E-state index contributed by atoms with van der Waals surface area (Å²) in [6, 6.07) is 7.78. The molecular weight excluding hydrogens is 362 g/mol. The van der Waals surface area contributed by atoms with E-state index in [-0.39, 0.29) is 11.7 Å². The van der Waals surface area contributed by atoms with E-state index in [0.717, 1.165) is 19.3 Å². The van der Waals surface area contributed by atoms with Crippen molar-refractivity contribution in [1.82, 2.24) is 0 Å². The molecular formula is C21H27NO4S. The number of rotatable bonds is 13. The fourth-order valence-corrected chi connectivity index (χ4v) is 3.62. The van der Waals surface area contributed by atoms with Crippen molar-refractivity contribution in [2.24, 2.45) is 0 Å². The second-order valence-electron chi connectivity index (χ2n) is 6.69. The Kier molecular flexibility index (Phi) is 9.55. The number of non-ortho nitro benzene ring substituents is 1.